The number of fused-ring (bicyclic) bond motifs is 1. The molecule has 0 aliphatic rings. The van der Waals surface area contributed by atoms with E-state index in [4.69, 9.17) is 0 Å². The molecule has 2 aromatic rings. The standard InChI is InChI=1S/C15H21N3O/c1-5-12-14(15(19)16-9-10(2)3)18-7-6-11(4)8-13(18)17-12/h6-8,10H,5,9H2,1-4H3,(H,16,19). The second-order valence-corrected chi connectivity index (χ2v) is 5.30. The van der Waals surface area contributed by atoms with Gasteiger partial charge in [0, 0.05) is 12.7 Å². The second kappa shape index (κ2) is 5.43. The van der Waals surface area contributed by atoms with Crippen LogP contribution >= 0.6 is 0 Å². The van der Waals surface area contributed by atoms with Gasteiger partial charge in [0.15, 0.2) is 0 Å². The number of hydrogen-bond donors (Lipinski definition) is 1. The Labute approximate surface area is 113 Å². The molecule has 2 rings (SSSR count). The number of aryl methyl sites for hydroxylation is 2. The van der Waals surface area contributed by atoms with E-state index in [1.165, 1.54) is 0 Å². The third-order valence-electron chi connectivity index (χ3n) is 3.07. The molecule has 0 spiro atoms. The maximum atomic E-state index is 12.3. The summed E-state index contributed by atoms with van der Waals surface area (Å²) in [5, 5.41) is 2.97. The number of imidazole rings is 1. The zero-order valence-corrected chi connectivity index (χ0v) is 12.0. The van der Waals surface area contributed by atoms with E-state index < -0.39 is 0 Å². The van der Waals surface area contributed by atoms with Crippen LogP contribution in [0.1, 0.15) is 42.5 Å². The summed E-state index contributed by atoms with van der Waals surface area (Å²) < 4.78 is 1.88. The summed E-state index contributed by atoms with van der Waals surface area (Å²) in [5.41, 5.74) is 3.51. The van der Waals surface area contributed by atoms with Gasteiger partial charge in [-0.15, -0.1) is 0 Å². The van der Waals surface area contributed by atoms with Crippen LogP contribution < -0.4 is 5.32 Å². The molecule has 4 nitrogen and oxygen atoms in total. The van der Waals surface area contributed by atoms with E-state index in [0.717, 1.165) is 23.3 Å². The smallest absolute Gasteiger partial charge is 0.270 e. The maximum absolute atomic E-state index is 12.3. The zero-order chi connectivity index (χ0) is 14.0. The fraction of sp³-hybridized carbons (Fsp3) is 0.467. The predicted octanol–water partition coefficient (Wildman–Crippen LogP) is 2.59. The summed E-state index contributed by atoms with van der Waals surface area (Å²) in [7, 11) is 0. The minimum atomic E-state index is -0.0399. The number of nitrogens with one attached hydrogen (secondary N) is 1. The largest absolute Gasteiger partial charge is 0.350 e. The molecule has 0 fully saturated rings. The molecule has 0 saturated heterocycles. The molecule has 102 valence electrons. The van der Waals surface area contributed by atoms with Gasteiger partial charge in [0.25, 0.3) is 5.91 Å². The van der Waals surface area contributed by atoms with Gasteiger partial charge >= 0.3 is 0 Å². The lowest BCUT2D eigenvalue weighted by atomic mass is 10.2. The second-order valence-electron chi connectivity index (χ2n) is 5.30. The third-order valence-corrected chi connectivity index (χ3v) is 3.07. The fourth-order valence-electron chi connectivity index (χ4n) is 2.06. The van der Waals surface area contributed by atoms with Crippen molar-refractivity contribution in [3.05, 3.63) is 35.3 Å². The average Bonchev–Trinajstić information content (AvgIpc) is 2.73. The van der Waals surface area contributed by atoms with Crippen LogP contribution in [0.3, 0.4) is 0 Å². The lowest BCUT2D eigenvalue weighted by Crippen LogP contribution is -2.29. The lowest BCUT2D eigenvalue weighted by molar-refractivity contribution is 0.0942. The molecule has 0 radical (unpaired) electrons. The van der Waals surface area contributed by atoms with Gasteiger partial charge in [-0.2, -0.15) is 0 Å². The molecule has 2 aromatic heterocycles. The van der Waals surface area contributed by atoms with Crippen molar-refractivity contribution in [3.8, 4) is 0 Å². The number of pyridine rings is 1. The zero-order valence-electron chi connectivity index (χ0n) is 12.0. The Morgan fingerprint density at radius 3 is 2.84 bits per heavy atom. The van der Waals surface area contributed by atoms with Crippen LogP contribution in [0, 0.1) is 12.8 Å². The van der Waals surface area contributed by atoms with Crippen molar-refractivity contribution >= 4 is 11.6 Å². The predicted molar refractivity (Wildman–Crippen MR) is 76.5 cm³/mol. The van der Waals surface area contributed by atoms with E-state index >= 15 is 0 Å². The molecule has 0 atom stereocenters. The Hall–Kier alpha value is -1.84. The van der Waals surface area contributed by atoms with Crippen LogP contribution in [0.15, 0.2) is 18.3 Å². The van der Waals surface area contributed by atoms with Crippen LogP contribution in [0.2, 0.25) is 0 Å². The van der Waals surface area contributed by atoms with E-state index in [1.54, 1.807) is 0 Å². The number of hydrogen-bond acceptors (Lipinski definition) is 2. The maximum Gasteiger partial charge on any atom is 0.270 e. The van der Waals surface area contributed by atoms with Crippen LogP contribution in [-0.2, 0) is 6.42 Å². The van der Waals surface area contributed by atoms with Gasteiger partial charge in [0.1, 0.15) is 11.3 Å². The first-order valence-corrected chi connectivity index (χ1v) is 6.78. The highest BCUT2D eigenvalue weighted by Crippen LogP contribution is 2.15. The van der Waals surface area contributed by atoms with Gasteiger partial charge in [-0.25, -0.2) is 4.98 Å². The van der Waals surface area contributed by atoms with Crippen LogP contribution in [-0.4, -0.2) is 21.8 Å². The summed E-state index contributed by atoms with van der Waals surface area (Å²) in [5.74, 6) is 0.400. The Kier molecular flexibility index (Phi) is 3.88. The normalized spacial score (nSPS) is 11.2. The molecule has 0 aliphatic carbocycles. The topological polar surface area (TPSA) is 46.4 Å². The Bertz CT molecular complexity index is 599. The molecule has 0 saturated carbocycles. The Balaban J connectivity index is 2.42. The van der Waals surface area contributed by atoms with E-state index in [9.17, 15) is 4.79 Å². The number of carbonyl (C=O) groups excluding carboxylic acids is 1. The van der Waals surface area contributed by atoms with E-state index in [-0.39, 0.29) is 5.91 Å². The van der Waals surface area contributed by atoms with Crippen molar-refractivity contribution in [1.82, 2.24) is 14.7 Å². The monoisotopic (exact) mass is 259 g/mol. The number of nitrogens with zero attached hydrogens (tertiary/aromatic N) is 2. The third kappa shape index (κ3) is 2.78. The van der Waals surface area contributed by atoms with Gasteiger partial charge in [-0.3, -0.25) is 9.20 Å². The minimum absolute atomic E-state index is 0.0399. The van der Waals surface area contributed by atoms with Crippen molar-refractivity contribution in [2.24, 2.45) is 5.92 Å². The molecule has 19 heavy (non-hydrogen) atoms. The number of carbonyl (C=O) groups is 1. The van der Waals surface area contributed by atoms with Crippen molar-refractivity contribution in [3.63, 3.8) is 0 Å². The lowest BCUT2D eigenvalue weighted by Gasteiger charge is -2.08. The van der Waals surface area contributed by atoms with Gasteiger partial charge in [0.05, 0.1) is 5.69 Å². The molecule has 0 aliphatic heterocycles. The van der Waals surface area contributed by atoms with Crippen molar-refractivity contribution < 1.29 is 4.79 Å². The number of amides is 1. The molecule has 1 N–H and O–H groups in total. The van der Waals surface area contributed by atoms with E-state index in [1.807, 2.05) is 36.6 Å². The van der Waals surface area contributed by atoms with Gasteiger partial charge in [-0.05, 0) is 37.0 Å². The summed E-state index contributed by atoms with van der Waals surface area (Å²) in [6.07, 6.45) is 2.67. The Morgan fingerprint density at radius 1 is 1.47 bits per heavy atom. The molecule has 1 amide bonds. The first kappa shape index (κ1) is 13.6. The highest BCUT2D eigenvalue weighted by atomic mass is 16.1. The Morgan fingerprint density at radius 2 is 2.21 bits per heavy atom. The van der Waals surface area contributed by atoms with Gasteiger partial charge < -0.3 is 5.32 Å². The average molecular weight is 259 g/mol. The first-order chi connectivity index (χ1) is 9.02. The highest BCUT2D eigenvalue weighted by molar-refractivity contribution is 5.94. The molecule has 2 heterocycles. The van der Waals surface area contributed by atoms with E-state index in [2.05, 4.69) is 24.1 Å². The molecular formula is C15H21N3O. The molecule has 0 unspecified atom stereocenters. The van der Waals surface area contributed by atoms with E-state index in [0.29, 0.717) is 18.2 Å². The summed E-state index contributed by atoms with van der Waals surface area (Å²) in [4.78, 5) is 16.9. The fourth-order valence-corrected chi connectivity index (χ4v) is 2.06. The van der Waals surface area contributed by atoms with Gasteiger partial charge in [-0.1, -0.05) is 20.8 Å². The summed E-state index contributed by atoms with van der Waals surface area (Å²) >= 11 is 0. The van der Waals surface area contributed by atoms with Crippen LogP contribution in [0.5, 0.6) is 0 Å². The van der Waals surface area contributed by atoms with Gasteiger partial charge in [0.2, 0.25) is 0 Å². The summed E-state index contributed by atoms with van der Waals surface area (Å²) in [6, 6.07) is 3.99. The molecular weight excluding hydrogens is 238 g/mol. The minimum Gasteiger partial charge on any atom is -0.350 e. The van der Waals surface area contributed by atoms with Crippen LogP contribution in [0.25, 0.3) is 5.65 Å². The molecule has 0 aromatic carbocycles. The SMILES string of the molecule is CCc1nc2cc(C)ccn2c1C(=O)NCC(C)C. The van der Waals surface area contributed by atoms with Crippen molar-refractivity contribution in [2.75, 3.05) is 6.54 Å². The van der Waals surface area contributed by atoms with Crippen molar-refractivity contribution in [1.29, 1.82) is 0 Å². The molecule has 4 heteroatoms. The highest BCUT2D eigenvalue weighted by Gasteiger charge is 2.17. The quantitative estimate of drug-likeness (QED) is 0.917. The number of aromatic nitrogens is 2. The summed E-state index contributed by atoms with van der Waals surface area (Å²) in [6.45, 7) is 8.89. The first-order valence-electron chi connectivity index (χ1n) is 6.78. The van der Waals surface area contributed by atoms with Crippen LogP contribution in [0.4, 0.5) is 0 Å². The van der Waals surface area contributed by atoms with Crippen molar-refractivity contribution in [2.45, 2.75) is 34.1 Å². The number of rotatable bonds is 4. The molecule has 0 bridgehead atoms.